The van der Waals surface area contributed by atoms with E-state index in [0.717, 1.165) is 0 Å². The van der Waals surface area contributed by atoms with Gasteiger partial charge in [-0.25, -0.2) is 4.79 Å². The molecule has 0 rings (SSSR count). The van der Waals surface area contributed by atoms with E-state index >= 15 is 0 Å². The Kier molecular flexibility index (Phi) is 6.76. The van der Waals surface area contributed by atoms with E-state index < -0.39 is 11.7 Å². The van der Waals surface area contributed by atoms with Crippen molar-refractivity contribution in [1.82, 2.24) is 5.32 Å². The van der Waals surface area contributed by atoms with Gasteiger partial charge in [0.15, 0.2) is 0 Å². The van der Waals surface area contributed by atoms with E-state index in [2.05, 4.69) is 5.32 Å². The normalized spacial score (nSPS) is 14.8. The maximum atomic E-state index is 11.1. The quantitative estimate of drug-likeness (QED) is 0.732. The Morgan fingerprint density at radius 3 is 2.67 bits per heavy atom. The molecular formula is C10H21NO3S. The van der Waals surface area contributed by atoms with Gasteiger partial charge >= 0.3 is 6.09 Å². The lowest BCUT2D eigenvalue weighted by Crippen LogP contribution is -2.42. The summed E-state index contributed by atoms with van der Waals surface area (Å²) >= 11 is 1.54. The fourth-order valence-corrected chi connectivity index (χ4v) is 1.64. The first kappa shape index (κ1) is 14.6. The maximum absolute atomic E-state index is 11.1. The lowest BCUT2D eigenvalue weighted by atomic mass is 10.1. The molecule has 0 aromatic heterocycles. The number of alkyl carbamates (subject to hydrolysis) is 1. The zero-order valence-corrected chi connectivity index (χ0v) is 10.7. The van der Waals surface area contributed by atoms with E-state index in [1.807, 2.05) is 20.1 Å². The van der Waals surface area contributed by atoms with Crippen LogP contribution in [0.2, 0.25) is 0 Å². The zero-order valence-electron chi connectivity index (χ0n) is 9.87. The Balaban J connectivity index is 3.70. The van der Waals surface area contributed by atoms with Gasteiger partial charge < -0.3 is 15.2 Å². The molecule has 0 heterocycles. The fourth-order valence-electron chi connectivity index (χ4n) is 0.918. The summed E-state index contributed by atoms with van der Waals surface area (Å²) in [5.41, 5.74) is -0.879. The summed E-state index contributed by atoms with van der Waals surface area (Å²) in [6.07, 6.45) is 1.44. The summed E-state index contributed by atoms with van der Waals surface area (Å²) in [6.45, 7) is 6.24. The summed E-state index contributed by atoms with van der Waals surface area (Å²) in [6, 6.07) is 0. The van der Waals surface area contributed by atoms with Crippen LogP contribution in [0.25, 0.3) is 0 Å². The summed E-state index contributed by atoms with van der Waals surface area (Å²) in [5, 5.41) is 12.3. The largest absolute Gasteiger partial charge is 0.449 e. The van der Waals surface area contributed by atoms with Crippen LogP contribution < -0.4 is 5.32 Å². The highest BCUT2D eigenvalue weighted by Gasteiger charge is 2.20. The van der Waals surface area contributed by atoms with Gasteiger partial charge in [0.25, 0.3) is 0 Å². The molecule has 1 amide bonds. The number of hydrogen-bond donors (Lipinski definition) is 2. The number of aliphatic hydroxyl groups is 1. The molecule has 5 heteroatoms. The fraction of sp³-hybridized carbons (Fsp3) is 0.900. The van der Waals surface area contributed by atoms with E-state index in [1.165, 1.54) is 11.8 Å². The van der Waals surface area contributed by atoms with Crippen molar-refractivity contribution >= 4 is 17.9 Å². The first-order valence-corrected chi connectivity index (χ1v) is 6.38. The Morgan fingerprint density at radius 1 is 1.60 bits per heavy atom. The third kappa shape index (κ3) is 8.57. The van der Waals surface area contributed by atoms with Crippen molar-refractivity contribution in [2.24, 2.45) is 5.92 Å². The molecule has 15 heavy (non-hydrogen) atoms. The molecule has 1 unspecified atom stereocenters. The molecule has 0 saturated heterocycles. The van der Waals surface area contributed by atoms with Crippen LogP contribution in [-0.2, 0) is 4.74 Å². The molecule has 4 nitrogen and oxygen atoms in total. The van der Waals surface area contributed by atoms with Gasteiger partial charge in [-0.2, -0.15) is 11.8 Å². The van der Waals surface area contributed by atoms with Crippen molar-refractivity contribution in [3.8, 4) is 0 Å². The molecule has 0 aromatic rings. The zero-order chi connectivity index (χ0) is 11.9. The number of thioether (sulfide) groups is 1. The van der Waals surface area contributed by atoms with E-state index in [0.29, 0.717) is 18.3 Å². The molecule has 0 radical (unpaired) electrons. The van der Waals surface area contributed by atoms with Gasteiger partial charge in [0.2, 0.25) is 0 Å². The molecule has 0 saturated carbocycles. The third-order valence-electron chi connectivity index (χ3n) is 1.62. The predicted octanol–water partition coefficient (Wildman–Crippen LogP) is 1.48. The summed E-state index contributed by atoms with van der Waals surface area (Å²) in [7, 11) is 0. The van der Waals surface area contributed by atoms with Crippen LogP contribution >= 0.6 is 11.8 Å². The first-order valence-electron chi connectivity index (χ1n) is 4.99. The topological polar surface area (TPSA) is 58.6 Å². The lowest BCUT2D eigenvalue weighted by Gasteiger charge is -2.22. The minimum absolute atomic E-state index is 0.213. The lowest BCUT2D eigenvalue weighted by molar-refractivity contribution is 0.0765. The molecule has 0 aliphatic carbocycles. The molecule has 0 fully saturated rings. The molecule has 0 bridgehead atoms. The number of carbonyl (C=O) groups excluding carboxylic acids is 1. The minimum Gasteiger partial charge on any atom is -0.449 e. The smallest absolute Gasteiger partial charge is 0.407 e. The number of nitrogens with one attached hydrogen (secondary N) is 1. The monoisotopic (exact) mass is 235 g/mol. The van der Waals surface area contributed by atoms with Gasteiger partial charge in [0.1, 0.15) is 0 Å². The summed E-state index contributed by atoms with van der Waals surface area (Å²) < 4.78 is 4.91. The second-order valence-electron chi connectivity index (χ2n) is 4.28. The average Bonchev–Trinajstić information content (AvgIpc) is 2.11. The van der Waals surface area contributed by atoms with Crippen molar-refractivity contribution in [1.29, 1.82) is 0 Å². The van der Waals surface area contributed by atoms with Crippen LogP contribution in [0.15, 0.2) is 0 Å². The Hall–Kier alpha value is -0.420. The Bertz CT molecular complexity index is 195. The van der Waals surface area contributed by atoms with Gasteiger partial charge in [-0.3, -0.25) is 0 Å². The van der Waals surface area contributed by atoms with Crippen molar-refractivity contribution < 1.29 is 14.6 Å². The highest BCUT2D eigenvalue weighted by atomic mass is 32.2. The number of carbonyl (C=O) groups is 1. The van der Waals surface area contributed by atoms with Gasteiger partial charge in [0.05, 0.1) is 18.8 Å². The van der Waals surface area contributed by atoms with Crippen LogP contribution in [0, 0.1) is 5.92 Å². The van der Waals surface area contributed by atoms with Gasteiger partial charge in [-0.1, -0.05) is 13.8 Å². The molecule has 1 atom stereocenters. The number of ether oxygens (including phenoxy) is 1. The van der Waals surface area contributed by atoms with Crippen molar-refractivity contribution in [2.45, 2.75) is 26.4 Å². The van der Waals surface area contributed by atoms with Gasteiger partial charge in [-0.15, -0.1) is 0 Å². The van der Waals surface area contributed by atoms with E-state index in [-0.39, 0.29) is 6.54 Å². The number of hydrogen-bond acceptors (Lipinski definition) is 4. The van der Waals surface area contributed by atoms with Crippen LogP contribution in [0.5, 0.6) is 0 Å². The highest BCUT2D eigenvalue weighted by molar-refractivity contribution is 7.98. The Morgan fingerprint density at radius 2 is 2.20 bits per heavy atom. The standard InChI is InChI=1S/C10H21NO3S/c1-8(2)5-14-9(12)11-6-10(3,13)7-15-4/h8,13H,5-7H2,1-4H3,(H,11,12). The second kappa shape index (κ2) is 6.95. The summed E-state index contributed by atoms with van der Waals surface area (Å²) in [5.74, 6) is 0.903. The first-order chi connectivity index (χ1) is 6.87. The van der Waals surface area contributed by atoms with E-state index in [9.17, 15) is 9.90 Å². The maximum Gasteiger partial charge on any atom is 0.407 e. The predicted molar refractivity (Wildman–Crippen MR) is 63.2 cm³/mol. The summed E-state index contributed by atoms with van der Waals surface area (Å²) in [4.78, 5) is 11.1. The molecule has 0 aliphatic rings. The van der Waals surface area contributed by atoms with Crippen LogP contribution in [-0.4, -0.2) is 42.0 Å². The van der Waals surface area contributed by atoms with Gasteiger partial charge in [-0.05, 0) is 19.1 Å². The Labute approximate surface area is 95.8 Å². The van der Waals surface area contributed by atoms with Crippen LogP contribution in [0.3, 0.4) is 0 Å². The molecule has 0 aromatic carbocycles. The molecule has 2 N–H and O–H groups in total. The van der Waals surface area contributed by atoms with Crippen molar-refractivity contribution in [3.05, 3.63) is 0 Å². The van der Waals surface area contributed by atoms with Gasteiger partial charge in [0, 0.05) is 5.75 Å². The van der Waals surface area contributed by atoms with Crippen molar-refractivity contribution in [3.63, 3.8) is 0 Å². The molecule has 0 aliphatic heterocycles. The molecular weight excluding hydrogens is 214 g/mol. The van der Waals surface area contributed by atoms with E-state index in [4.69, 9.17) is 4.74 Å². The SMILES string of the molecule is CSCC(C)(O)CNC(=O)OCC(C)C. The van der Waals surface area contributed by atoms with Crippen LogP contribution in [0.4, 0.5) is 4.79 Å². The number of amides is 1. The third-order valence-corrected chi connectivity index (χ3v) is 2.53. The van der Waals surface area contributed by atoms with E-state index in [1.54, 1.807) is 6.92 Å². The second-order valence-corrected chi connectivity index (χ2v) is 5.14. The average molecular weight is 235 g/mol. The number of rotatable bonds is 6. The van der Waals surface area contributed by atoms with Crippen LogP contribution in [0.1, 0.15) is 20.8 Å². The van der Waals surface area contributed by atoms with Crippen molar-refractivity contribution in [2.75, 3.05) is 25.2 Å². The highest BCUT2D eigenvalue weighted by Crippen LogP contribution is 2.08. The molecule has 0 spiro atoms. The molecule has 90 valence electrons. The minimum atomic E-state index is -0.879.